The van der Waals surface area contributed by atoms with Crippen LogP contribution in [0.4, 0.5) is 0 Å². The van der Waals surface area contributed by atoms with Crippen LogP contribution in [0.3, 0.4) is 0 Å². The highest BCUT2D eigenvalue weighted by atomic mass is 32.1. The van der Waals surface area contributed by atoms with Gasteiger partial charge in [0.25, 0.3) is 0 Å². The minimum atomic E-state index is -1.15. The first-order valence-electron chi connectivity index (χ1n) is 11.3. The Morgan fingerprint density at radius 3 is 1.79 bits per heavy atom. The molecule has 0 saturated carbocycles. The Bertz CT molecular complexity index is 714. The van der Waals surface area contributed by atoms with Crippen molar-refractivity contribution in [2.75, 3.05) is 12.3 Å². The van der Waals surface area contributed by atoms with Crippen LogP contribution < -0.4 is 33.2 Å². The largest absolute Gasteiger partial charge is 0.480 e. The van der Waals surface area contributed by atoms with E-state index in [-0.39, 0.29) is 36.4 Å². The lowest BCUT2D eigenvalue weighted by molar-refractivity contribution is -0.142. The number of carboxylic acids is 1. The number of aliphatic imine (C=N–C) groups is 1. The van der Waals surface area contributed by atoms with Crippen LogP contribution in [0.5, 0.6) is 0 Å². The molecule has 0 saturated heterocycles. The molecule has 0 aliphatic carbocycles. The van der Waals surface area contributed by atoms with Crippen LogP contribution in [0.1, 0.15) is 53.4 Å². The number of hydrogen-bond acceptors (Lipinski definition) is 7. The van der Waals surface area contributed by atoms with E-state index in [1.807, 2.05) is 27.7 Å². The van der Waals surface area contributed by atoms with Gasteiger partial charge in [-0.25, -0.2) is 4.79 Å². The summed E-state index contributed by atoms with van der Waals surface area (Å²) in [6, 6.07) is -3.97. The number of carboxylic acid groups (broad SMARTS) is 1. The molecule has 0 aliphatic heterocycles. The van der Waals surface area contributed by atoms with E-state index in [1.165, 1.54) is 0 Å². The fourth-order valence-electron chi connectivity index (χ4n) is 3.06. The lowest BCUT2D eigenvalue weighted by Crippen LogP contribution is -2.58. The zero-order chi connectivity index (χ0) is 26.4. The van der Waals surface area contributed by atoms with Gasteiger partial charge in [-0.15, -0.1) is 0 Å². The highest BCUT2D eigenvalue weighted by molar-refractivity contribution is 7.80. The molecule has 12 nitrogen and oxygen atoms in total. The number of amides is 3. The second-order valence-electron chi connectivity index (χ2n) is 9.02. The molecule has 0 rings (SSSR count). The fourth-order valence-corrected chi connectivity index (χ4v) is 3.32. The van der Waals surface area contributed by atoms with Crippen LogP contribution in [0.15, 0.2) is 4.99 Å². The number of hydrogen-bond donors (Lipinski definition) is 8. The fraction of sp³-hybridized carbons (Fsp3) is 0.762. The third kappa shape index (κ3) is 13.2. The number of nitrogens with two attached hydrogens (primary N) is 3. The van der Waals surface area contributed by atoms with Crippen molar-refractivity contribution in [3.05, 3.63) is 0 Å². The lowest BCUT2D eigenvalue weighted by Gasteiger charge is -2.26. The normalized spacial score (nSPS) is 14.6. The molecule has 13 heteroatoms. The van der Waals surface area contributed by atoms with Gasteiger partial charge < -0.3 is 38.3 Å². The van der Waals surface area contributed by atoms with Gasteiger partial charge >= 0.3 is 5.97 Å². The van der Waals surface area contributed by atoms with Gasteiger partial charge in [-0.1, -0.05) is 27.7 Å². The number of carbonyl (C=O) groups excluding carboxylic acids is 3. The summed E-state index contributed by atoms with van der Waals surface area (Å²) in [4.78, 5) is 53.3. The van der Waals surface area contributed by atoms with E-state index in [1.54, 1.807) is 0 Å². The SMILES string of the molecule is CC(C)CC(NC(=O)C(CC(C)C)NC(=O)C(CS)NC(=O)C(N)CCCN=C(N)N)C(=O)O. The van der Waals surface area contributed by atoms with Gasteiger partial charge in [-0.3, -0.25) is 19.4 Å². The Morgan fingerprint density at radius 2 is 1.32 bits per heavy atom. The first-order valence-corrected chi connectivity index (χ1v) is 12.0. The molecule has 196 valence electrons. The van der Waals surface area contributed by atoms with Crippen LogP contribution in [0, 0.1) is 11.8 Å². The van der Waals surface area contributed by atoms with E-state index in [0.29, 0.717) is 19.4 Å². The highest BCUT2D eigenvalue weighted by Crippen LogP contribution is 2.09. The zero-order valence-electron chi connectivity index (χ0n) is 20.4. The molecule has 4 unspecified atom stereocenters. The predicted octanol–water partition coefficient (Wildman–Crippen LogP) is -1.07. The summed E-state index contributed by atoms with van der Waals surface area (Å²) in [7, 11) is 0. The Kier molecular flexibility index (Phi) is 14.9. The third-order valence-corrected chi connectivity index (χ3v) is 5.15. The summed E-state index contributed by atoms with van der Waals surface area (Å²) in [5.74, 6) is -2.91. The van der Waals surface area contributed by atoms with Crippen molar-refractivity contribution >= 4 is 42.3 Å². The minimum Gasteiger partial charge on any atom is -0.480 e. The van der Waals surface area contributed by atoms with Crippen molar-refractivity contribution in [2.45, 2.75) is 77.5 Å². The van der Waals surface area contributed by atoms with Crippen LogP contribution in [0.25, 0.3) is 0 Å². The Labute approximate surface area is 206 Å². The number of thiol groups is 1. The summed E-state index contributed by atoms with van der Waals surface area (Å²) in [5.41, 5.74) is 16.4. The predicted molar refractivity (Wildman–Crippen MR) is 134 cm³/mol. The minimum absolute atomic E-state index is 0.0284. The van der Waals surface area contributed by atoms with Crippen LogP contribution in [0.2, 0.25) is 0 Å². The second kappa shape index (κ2) is 16.1. The van der Waals surface area contributed by atoms with Gasteiger partial charge in [0.2, 0.25) is 17.7 Å². The average Bonchev–Trinajstić information content (AvgIpc) is 2.72. The highest BCUT2D eigenvalue weighted by Gasteiger charge is 2.30. The third-order valence-electron chi connectivity index (χ3n) is 4.78. The number of nitrogens with zero attached hydrogens (tertiary/aromatic N) is 1. The number of aliphatic carboxylic acids is 1. The monoisotopic (exact) mass is 503 g/mol. The molecule has 0 bridgehead atoms. The summed E-state index contributed by atoms with van der Waals surface area (Å²) < 4.78 is 0. The molecule has 0 aromatic heterocycles. The Balaban J connectivity index is 5.14. The van der Waals surface area contributed by atoms with Crippen molar-refractivity contribution in [3.8, 4) is 0 Å². The Hall–Kier alpha value is -2.54. The van der Waals surface area contributed by atoms with Crippen molar-refractivity contribution in [1.29, 1.82) is 0 Å². The van der Waals surface area contributed by atoms with Crippen LogP contribution in [-0.4, -0.2) is 71.2 Å². The van der Waals surface area contributed by atoms with Crippen molar-refractivity contribution in [3.63, 3.8) is 0 Å². The quantitative estimate of drug-likeness (QED) is 0.0560. The summed E-state index contributed by atoms with van der Waals surface area (Å²) in [6.07, 6.45) is 1.30. The summed E-state index contributed by atoms with van der Waals surface area (Å²) in [6.45, 7) is 7.75. The summed E-state index contributed by atoms with van der Waals surface area (Å²) >= 11 is 4.13. The van der Waals surface area contributed by atoms with Crippen molar-refractivity contribution in [2.24, 2.45) is 34.0 Å². The van der Waals surface area contributed by atoms with Crippen molar-refractivity contribution < 1.29 is 24.3 Å². The molecule has 0 fully saturated rings. The van der Waals surface area contributed by atoms with E-state index < -0.39 is 47.9 Å². The molecule has 0 heterocycles. The Morgan fingerprint density at radius 1 is 0.853 bits per heavy atom. The maximum Gasteiger partial charge on any atom is 0.326 e. The zero-order valence-corrected chi connectivity index (χ0v) is 21.3. The molecule has 0 spiro atoms. The van der Waals surface area contributed by atoms with E-state index in [2.05, 4.69) is 33.6 Å². The van der Waals surface area contributed by atoms with E-state index >= 15 is 0 Å². The maximum absolute atomic E-state index is 12.8. The number of rotatable bonds is 16. The van der Waals surface area contributed by atoms with Gasteiger partial charge in [0.05, 0.1) is 6.04 Å². The molecule has 0 aromatic rings. The summed E-state index contributed by atoms with van der Waals surface area (Å²) in [5, 5.41) is 17.1. The standard InChI is InChI=1S/C21H41N7O5S/c1-11(2)8-14(18(30)27-15(20(32)33)9-12(3)4)26-19(31)16(10-34)28-17(29)13(22)6-5-7-25-21(23)24/h11-16,34H,5-10,22H2,1-4H3,(H,26,31)(H,27,30)(H,28,29)(H,32,33)(H4,23,24,25). The lowest BCUT2D eigenvalue weighted by atomic mass is 10.0. The van der Waals surface area contributed by atoms with Gasteiger partial charge in [0, 0.05) is 12.3 Å². The first kappa shape index (κ1) is 31.5. The molecule has 10 N–H and O–H groups in total. The molecule has 0 aliphatic rings. The van der Waals surface area contributed by atoms with Gasteiger partial charge in [0.1, 0.15) is 18.1 Å². The molecule has 3 amide bonds. The molecule has 0 aromatic carbocycles. The molecule has 0 radical (unpaired) electrons. The number of carbonyl (C=O) groups is 4. The van der Waals surface area contributed by atoms with Gasteiger partial charge in [-0.2, -0.15) is 12.6 Å². The van der Waals surface area contributed by atoms with Crippen LogP contribution in [-0.2, 0) is 19.2 Å². The van der Waals surface area contributed by atoms with Crippen molar-refractivity contribution in [1.82, 2.24) is 16.0 Å². The molecular formula is C21H41N7O5S. The number of guanidine groups is 1. The molecule has 34 heavy (non-hydrogen) atoms. The smallest absolute Gasteiger partial charge is 0.326 e. The molecular weight excluding hydrogens is 462 g/mol. The molecule has 4 atom stereocenters. The van der Waals surface area contributed by atoms with Crippen LogP contribution >= 0.6 is 12.6 Å². The maximum atomic E-state index is 12.8. The average molecular weight is 504 g/mol. The first-order chi connectivity index (χ1) is 15.8. The van der Waals surface area contributed by atoms with E-state index in [0.717, 1.165) is 0 Å². The van der Waals surface area contributed by atoms with E-state index in [9.17, 15) is 24.3 Å². The van der Waals surface area contributed by atoms with E-state index in [4.69, 9.17) is 17.2 Å². The topological polar surface area (TPSA) is 215 Å². The second-order valence-corrected chi connectivity index (χ2v) is 9.38. The van der Waals surface area contributed by atoms with Gasteiger partial charge in [0.15, 0.2) is 5.96 Å². The number of nitrogens with one attached hydrogen (secondary N) is 3. The van der Waals surface area contributed by atoms with Gasteiger partial charge in [-0.05, 0) is 37.5 Å².